The molecule has 1 aliphatic rings. The standard InChI is InChI=1S/C22H24N4O2/c27-22(28-20-9-5-2-6-10-20)25-15-13-24(14-16-25)18-21-23-11-12-26(21)17-19-7-3-1-4-8-19/h1-12H,13-18H2. The van der Waals surface area contributed by atoms with Gasteiger partial charge in [-0.3, -0.25) is 4.90 Å². The number of aromatic nitrogens is 2. The van der Waals surface area contributed by atoms with Crippen LogP contribution in [0.1, 0.15) is 11.4 Å². The number of benzene rings is 2. The Hall–Kier alpha value is -3.12. The summed E-state index contributed by atoms with van der Waals surface area (Å²) in [5.41, 5.74) is 1.26. The van der Waals surface area contributed by atoms with E-state index in [2.05, 4.69) is 38.7 Å². The number of ether oxygens (including phenoxy) is 1. The second-order valence-electron chi connectivity index (χ2n) is 6.90. The summed E-state index contributed by atoms with van der Waals surface area (Å²) in [5, 5.41) is 0. The van der Waals surface area contributed by atoms with Gasteiger partial charge in [0.15, 0.2) is 0 Å². The third-order valence-corrected chi connectivity index (χ3v) is 4.94. The number of nitrogens with zero attached hydrogens (tertiary/aromatic N) is 4. The zero-order valence-electron chi connectivity index (χ0n) is 15.8. The number of rotatable bonds is 5. The summed E-state index contributed by atoms with van der Waals surface area (Å²) < 4.78 is 7.62. The van der Waals surface area contributed by atoms with Crippen LogP contribution in [-0.4, -0.2) is 51.6 Å². The number of imidazole rings is 1. The molecule has 2 aromatic carbocycles. The predicted octanol–water partition coefficient (Wildman–Crippen LogP) is 3.25. The molecule has 6 heteroatoms. The number of carbonyl (C=O) groups excluding carboxylic acids is 1. The van der Waals surface area contributed by atoms with Gasteiger partial charge in [0.25, 0.3) is 0 Å². The van der Waals surface area contributed by atoms with Crippen molar-refractivity contribution in [1.29, 1.82) is 0 Å². The Labute approximate surface area is 165 Å². The lowest BCUT2D eigenvalue weighted by atomic mass is 10.2. The van der Waals surface area contributed by atoms with Gasteiger partial charge in [-0.2, -0.15) is 0 Å². The monoisotopic (exact) mass is 376 g/mol. The molecule has 1 aliphatic heterocycles. The maximum Gasteiger partial charge on any atom is 0.415 e. The van der Waals surface area contributed by atoms with Crippen molar-refractivity contribution >= 4 is 6.09 Å². The lowest BCUT2D eigenvalue weighted by Crippen LogP contribution is -2.49. The molecular formula is C22H24N4O2. The molecule has 28 heavy (non-hydrogen) atoms. The average molecular weight is 376 g/mol. The zero-order valence-corrected chi connectivity index (χ0v) is 15.8. The second kappa shape index (κ2) is 8.71. The van der Waals surface area contributed by atoms with Crippen molar-refractivity contribution in [1.82, 2.24) is 19.4 Å². The van der Waals surface area contributed by atoms with Crippen molar-refractivity contribution in [3.05, 3.63) is 84.4 Å². The molecule has 0 atom stereocenters. The molecular weight excluding hydrogens is 352 g/mol. The van der Waals surface area contributed by atoms with Gasteiger partial charge < -0.3 is 14.2 Å². The van der Waals surface area contributed by atoms with Gasteiger partial charge in [-0.1, -0.05) is 48.5 Å². The van der Waals surface area contributed by atoms with Gasteiger partial charge in [-0.05, 0) is 17.7 Å². The Morgan fingerprint density at radius 1 is 0.893 bits per heavy atom. The summed E-state index contributed by atoms with van der Waals surface area (Å²) in [6, 6.07) is 19.6. The first-order valence-electron chi connectivity index (χ1n) is 9.56. The highest BCUT2D eigenvalue weighted by molar-refractivity contribution is 5.70. The largest absolute Gasteiger partial charge is 0.415 e. The maximum absolute atomic E-state index is 12.3. The molecule has 0 N–H and O–H groups in total. The molecule has 1 fully saturated rings. The third-order valence-electron chi connectivity index (χ3n) is 4.94. The smallest absolute Gasteiger partial charge is 0.410 e. The molecule has 4 rings (SSSR count). The van der Waals surface area contributed by atoms with E-state index in [1.807, 2.05) is 36.7 Å². The normalized spacial score (nSPS) is 14.8. The van der Waals surface area contributed by atoms with Gasteiger partial charge in [0.2, 0.25) is 0 Å². The molecule has 144 valence electrons. The first-order chi connectivity index (χ1) is 13.8. The molecule has 1 aromatic heterocycles. The summed E-state index contributed by atoms with van der Waals surface area (Å²) in [7, 11) is 0. The van der Waals surface area contributed by atoms with Crippen LogP contribution in [-0.2, 0) is 13.1 Å². The van der Waals surface area contributed by atoms with Crippen LogP contribution in [0.5, 0.6) is 5.75 Å². The number of hydrogen-bond donors (Lipinski definition) is 0. The fourth-order valence-corrected chi connectivity index (χ4v) is 3.36. The molecule has 1 saturated heterocycles. The first kappa shape index (κ1) is 18.3. The number of carbonyl (C=O) groups is 1. The highest BCUT2D eigenvalue weighted by atomic mass is 16.6. The highest BCUT2D eigenvalue weighted by Crippen LogP contribution is 2.13. The maximum atomic E-state index is 12.3. The van der Waals surface area contributed by atoms with E-state index in [9.17, 15) is 4.79 Å². The number of amides is 1. The Kier molecular flexibility index (Phi) is 5.68. The van der Waals surface area contributed by atoms with Crippen molar-refractivity contribution in [3.8, 4) is 5.75 Å². The van der Waals surface area contributed by atoms with Crippen LogP contribution in [0.3, 0.4) is 0 Å². The molecule has 0 aliphatic carbocycles. The van der Waals surface area contributed by atoms with Gasteiger partial charge in [0.05, 0.1) is 6.54 Å². The molecule has 2 heterocycles. The zero-order chi connectivity index (χ0) is 19.2. The van der Waals surface area contributed by atoms with E-state index in [-0.39, 0.29) is 6.09 Å². The SMILES string of the molecule is O=C(Oc1ccccc1)N1CCN(Cc2nccn2Cc2ccccc2)CC1. The lowest BCUT2D eigenvalue weighted by molar-refractivity contribution is 0.106. The average Bonchev–Trinajstić information content (AvgIpc) is 3.16. The topological polar surface area (TPSA) is 50.6 Å². The number of para-hydroxylation sites is 1. The van der Waals surface area contributed by atoms with Crippen molar-refractivity contribution in [2.24, 2.45) is 0 Å². The molecule has 0 bridgehead atoms. The van der Waals surface area contributed by atoms with E-state index in [0.717, 1.165) is 32.0 Å². The molecule has 0 spiro atoms. The fourth-order valence-electron chi connectivity index (χ4n) is 3.36. The van der Waals surface area contributed by atoms with Gasteiger partial charge in [-0.25, -0.2) is 9.78 Å². The van der Waals surface area contributed by atoms with Gasteiger partial charge in [-0.15, -0.1) is 0 Å². The number of piperazine rings is 1. The second-order valence-corrected chi connectivity index (χ2v) is 6.90. The quantitative estimate of drug-likeness (QED) is 0.686. The van der Waals surface area contributed by atoms with Gasteiger partial charge >= 0.3 is 6.09 Å². The minimum absolute atomic E-state index is 0.281. The molecule has 0 saturated carbocycles. The predicted molar refractivity (Wildman–Crippen MR) is 107 cm³/mol. The van der Waals surface area contributed by atoms with Gasteiger partial charge in [0, 0.05) is 45.1 Å². The van der Waals surface area contributed by atoms with E-state index in [4.69, 9.17) is 4.74 Å². The van der Waals surface area contributed by atoms with Crippen molar-refractivity contribution in [2.45, 2.75) is 13.1 Å². The van der Waals surface area contributed by atoms with Crippen LogP contribution in [0.25, 0.3) is 0 Å². The van der Waals surface area contributed by atoms with Crippen LogP contribution >= 0.6 is 0 Å². The van der Waals surface area contributed by atoms with Crippen LogP contribution in [0, 0.1) is 0 Å². The van der Waals surface area contributed by atoms with Gasteiger partial charge in [0.1, 0.15) is 11.6 Å². The highest BCUT2D eigenvalue weighted by Gasteiger charge is 2.23. The van der Waals surface area contributed by atoms with Crippen LogP contribution in [0.2, 0.25) is 0 Å². The van der Waals surface area contributed by atoms with Crippen LogP contribution in [0.15, 0.2) is 73.1 Å². The van der Waals surface area contributed by atoms with E-state index in [0.29, 0.717) is 18.8 Å². The Morgan fingerprint density at radius 2 is 1.57 bits per heavy atom. The Morgan fingerprint density at radius 3 is 2.29 bits per heavy atom. The van der Waals surface area contributed by atoms with E-state index < -0.39 is 0 Å². The van der Waals surface area contributed by atoms with Crippen molar-refractivity contribution in [3.63, 3.8) is 0 Å². The minimum atomic E-state index is -0.281. The van der Waals surface area contributed by atoms with Crippen molar-refractivity contribution in [2.75, 3.05) is 26.2 Å². The molecule has 6 nitrogen and oxygen atoms in total. The minimum Gasteiger partial charge on any atom is -0.410 e. The Balaban J connectivity index is 1.29. The summed E-state index contributed by atoms with van der Waals surface area (Å²) in [6.45, 7) is 4.53. The molecule has 1 amide bonds. The summed E-state index contributed by atoms with van der Waals surface area (Å²) in [6.07, 6.45) is 3.60. The van der Waals surface area contributed by atoms with Crippen LogP contribution < -0.4 is 4.74 Å². The fraction of sp³-hybridized carbons (Fsp3) is 0.273. The lowest BCUT2D eigenvalue weighted by Gasteiger charge is -2.33. The first-order valence-corrected chi connectivity index (χ1v) is 9.56. The summed E-state index contributed by atoms with van der Waals surface area (Å²) >= 11 is 0. The van der Waals surface area contributed by atoms with E-state index >= 15 is 0 Å². The molecule has 0 unspecified atom stereocenters. The van der Waals surface area contributed by atoms with Crippen LogP contribution in [0.4, 0.5) is 4.79 Å². The van der Waals surface area contributed by atoms with E-state index in [1.54, 1.807) is 17.0 Å². The Bertz CT molecular complexity index is 887. The van der Waals surface area contributed by atoms with E-state index in [1.165, 1.54) is 5.56 Å². The van der Waals surface area contributed by atoms with Crippen molar-refractivity contribution < 1.29 is 9.53 Å². The summed E-state index contributed by atoms with van der Waals surface area (Å²) in [4.78, 5) is 20.9. The third kappa shape index (κ3) is 4.58. The molecule has 3 aromatic rings. The molecule has 0 radical (unpaired) electrons. The summed E-state index contributed by atoms with van der Waals surface area (Å²) in [5.74, 6) is 1.63. The number of hydrogen-bond acceptors (Lipinski definition) is 4.